The van der Waals surface area contributed by atoms with Crippen molar-refractivity contribution in [3.63, 3.8) is 0 Å². The van der Waals surface area contributed by atoms with Crippen LogP contribution in [0, 0.1) is 0 Å². The molecule has 2 aliphatic rings. The molecule has 2 aliphatic heterocycles. The largest absolute Gasteiger partial charge is 0.497 e. The Kier molecular flexibility index (Phi) is 4.19. The molecule has 0 unspecified atom stereocenters. The summed E-state index contributed by atoms with van der Waals surface area (Å²) in [7, 11) is 1.71. The van der Waals surface area contributed by atoms with Gasteiger partial charge in [0.15, 0.2) is 5.17 Å². The molecule has 2 aromatic carbocycles. The summed E-state index contributed by atoms with van der Waals surface area (Å²) in [5.41, 5.74) is 2.57. The Balaban J connectivity index is 0.00000144. The van der Waals surface area contributed by atoms with Crippen LogP contribution in [0.4, 0.5) is 0 Å². The molecule has 0 amide bonds. The van der Waals surface area contributed by atoms with Crippen LogP contribution < -0.4 is 4.74 Å². The van der Waals surface area contributed by atoms with E-state index < -0.39 is 0 Å². The van der Waals surface area contributed by atoms with Gasteiger partial charge in [-0.05, 0) is 29.8 Å². The summed E-state index contributed by atoms with van der Waals surface area (Å²) in [4.78, 5) is 8.24. The lowest BCUT2D eigenvalue weighted by molar-refractivity contribution is 0.415. The summed E-state index contributed by atoms with van der Waals surface area (Å²) in [6.45, 7) is 4.06. The maximum Gasteiger partial charge on any atom is 0.168 e. The van der Waals surface area contributed by atoms with E-state index in [0.717, 1.165) is 24.0 Å². The summed E-state index contributed by atoms with van der Waals surface area (Å²) < 4.78 is 5.39. The van der Waals surface area contributed by atoms with E-state index in [1.807, 2.05) is 6.07 Å². The molecule has 22 heavy (non-hydrogen) atoms. The molecular formula is C17H17BrN2OS. The molecule has 2 aromatic rings. The highest BCUT2D eigenvalue weighted by Crippen LogP contribution is 2.43. The van der Waals surface area contributed by atoms with Gasteiger partial charge in [0.1, 0.15) is 5.75 Å². The first-order valence-corrected chi connectivity index (χ1v) is 7.87. The number of hydrogen-bond acceptors (Lipinski definition) is 4. The number of allylic oxidation sites excluding steroid dienone is 1. The molecule has 0 atom stereocenters. The molecule has 4 rings (SSSR count). The Morgan fingerprint density at radius 1 is 1.23 bits per heavy atom. The van der Waals surface area contributed by atoms with E-state index in [-0.39, 0.29) is 17.0 Å². The zero-order valence-electron chi connectivity index (χ0n) is 12.5. The van der Waals surface area contributed by atoms with Crippen molar-refractivity contribution in [2.45, 2.75) is 6.92 Å². The van der Waals surface area contributed by atoms with E-state index in [9.17, 15) is 0 Å². The SMILES string of the molecule is Br.COc1ccc2cccc(C3=C(C)SC4=NCCN43)c2c1. The van der Waals surface area contributed by atoms with Crippen LogP contribution in [0.15, 0.2) is 46.3 Å². The topological polar surface area (TPSA) is 24.8 Å². The van der Waals surface area contributed by atoms with E-state index in [0.29, 0.717) is 0 Å². The van der Waals surface area contributed by atoms with Gasteiger partial charge in [-0.1, -0.05) is 36.0 Å². The number of halogens is 1. The number of hydrogen-bond donors (Lipinski definition) is 0. The molecule has 0 saturated heterocycles. The molecule has 0 fully saturated rings. The Bertz CT molecular complexity index is 800. The maximum atomic E-state index is 5.39. The number of thioether (sulfide) groups is 1. The van der Waals surface area contributed by atoms with Gasteiger partial charge in [-0.2, -0.15) is 0 Å². The Labute approximate surface area is 144 Å². The highest BCUT2D eigenvalue weighted by Gasteiger charge is 2.31. The molecule has 0 aliphatic carbocycles. The predicted octanol–water partition coefficient (Wildman–Crippen LogP) is 4.53. The minimum absolute atomic E-state index is 0. The van der Waals surface area contributed by atoms with E-state index in [1.54, 1.807) is 18.9 Å². The van der Waals surface area contributed by atoms with E-state index in [4.69, 9.17) is 4.74 Å². The van der Waals surface area contributed by atoms with Crippen molar-refractivity contribution in [3.8, 4) is 5.75 Å². The van der Waals surface area contributed by atoms with Crippen LogP contribution in [0.25, 0.3) is 16.5 Å². The third-order valence-electron chi connectivity index (χ3n) is 3.99. The summed E-state index contributed by atoms with van der Waals surface area (Å²) in [5.74, 6) is 0.897. The molecule has 0 N–H and O–H groups in total. The molecule has 5 heteroatoms. The fraction of sp³-hybridized carbons (Fsp3) is 0.235. The smallest absolute Gasteiger partial charge is 0.168 e. The van der Waals surface area contributed by atoms with Gasteiger partial charge in [0, 0.05) is 17.0 Å². The van der Waals surface area contributed by atoms with Crippen LogP contribution in [0.5, 0.6) is 5.75 Å². The van der Waals surface area contributed by atoms with Crippen molar-refractivity contribution in [3.05, 3.63) is 46.9 Å². The second-order valence-corrected chi connectivity index (χ2v) is 6.40. The van der Waals surface area contributed by atoms with Crippen LogP contribution in [0.3, 0.4) is 0 Å². The highest BCUT2D eigenvalue weighted by molar-refractivity contribution is 8.93. The van der Waals surface area contributed by atoms with Crippen molar-refractivity contribution in [2.75, 3.05) is 20.2 Å². The highest BCUT2D eigenvalue weighted by atomic mass is 79.9. The standard InChI is InChI=1S/C17H16N2OS.BrH/c1-11-16(19-9-8-18-17(19)21-11)14-5-3-4-12-6-7-13(20-2)10-15(12)14;/h3-7,10H,8-9H2,1-2H3;1H. The zero-order valence-corrected chi connectivity index (χ0v) is 15.0. The fourth-order valence-electron chi connectivity index (χ4n) is 3.02. The molecule has 114 valence electrons. The van der Waals surface area contributed by atoms with E-state index >= 15 is 0 Å². The number of ether oxygens (including phenoxy) is 1. The quantitative estimate of drug-likeness (QED) is 0.769. The van der Waals surface area contributed by atoms with Gasteiger partial charge in [0.05, 0.1) is 19.4 Å². The first kappa shape index (κ1) is 15.4. The van der Waals surface area contributed by atoms with Crippen molar-refractivity contribution in [1.82, 2.24) is 4.90 Å². The fourth-order valence-corrected chi connectivity index (χ4v) is 4.06. The van der Waals surface area contributed by atoms with Gasteiger partial charge >= 0.3 is 0 Å². The Hall–Kier alpha value is -1.46. The number of fused-ring (bicyclic) bond motifs is 2. The zero-order chi connectivity index (χ0) is 14.4. The Morgan fingerprint density at radius 3 is 2.91 bits per heavy atom. The summed E-state index contributed by atoms with van der Waals surface area (Å²) >= 11 is 1.78. The molecule has 0 bridgehead atoms. The van der Waals surface area contributed by atoms with Crippen LogP contribution in [-0.4, -0.2) is 30.3 Å². The minimum Gasteiger partial charge on any atom is -0.497 e. The lowest BCUT2D eigenvalue weighted by Gasteiger charge is -2.19. The molecule has 2 heterocycles. The molecular weight excluding hydrogens is 360 g/mol. The lowest BCUT2D eigenvalue weighted by atomic mass is 10.0. The van der Waals surface area contributed by atoms with Gasteiger partial charge in [-0.25, -0.2) is 0 Å². The van der Waals surface area contributed by atoms with Gasteiger partial charge in [0.2, 0.25) is 0 Å². The summed E-state index contributed by atoms with van der Waals surface area (Å²) in [6.07, 6.45) is 0. The molecule has 0 spiro atoms. The van der Waals surface area contributed by atoms with E-state index in [1.165, 1.54) is 26.9 Å². The second kappa shape index (κ2) is 5.97. The van der Waals surface area contributed by atoms with Crippen molar-refractivity contribution >= 4 is 50.4 Å². The van der Waals surface area contributed by atoms with Gasteiger partial charge in [-0.15, -0.1) is 17.0 Å². The van der Waals surface area contributed by atoms with Crippen LogP contribution in [0.1, 0.15) is 12.5 Å². The average Bonchev–Trinajstić information content (AvgIpc) is 3.06. The number of amidine groups is 1. The number of rotatable bonds is 2. The van der Waals surface area contributed by atoms with Crippen molar-refractivity contribution < 1.29 is 4.74 Å². The van der Waals surface area contributed by atoms with Crippen molar-refractivity contribution in [2.24, 2.45) is 4.99 Å². The predicted molar refractivity (Wildman–Crippen MR) is 100 cm³/mol. The monoisotopic (exact) mass is 376 g/mol. The minimum atomic E-state index is 0. The number of aliphatic imine (C=N–C) groups is 1. The summed E-state index contributed by atoms with van der Waals surface area (Å²) in [5, 5.41) is 3.62. The molecule has 3 nitrogen and oxygen atoms in total. The number of methoxy groups -OCH3 is 1. The van der Waals surface area contributed by atoms with Crippen LogP contribution in [-0.2, 0) is 0 Å². The lowest BCUT2D eigenvalue weighted by Crippen LogP contribution is -2.20. The normalized spacial score (nSPS) is 16.6. The van der Waals surface area contributed by atoms with Crippen molar-refractivity contribution in [1.29, 1.82) is 0 Å². The third-order valence-corrected chi connectivity index (χ3v) is 5.03. The summed E-state index contributed by atoms with van der Waals surface area (Å²) in [6, 6.07) is 12.7. The van der Waals surface area contributed by atoms with Gasteiger partial charge < -0.3 is 9.64 Å². The molecule has 0 saturated carbocycles. The first-order valence-electron chi connectivity index (χ1n) is 7.06. The number of benzene rings is 2. The maximum absolute atomic E-state index is 5.39. The van der Waals surface area contributed by atoms with Crippen LogP contribution >= 0.6 is 28.7 Å². The number of nitrogens with zero attached hydrogens (tertiary/aromatic N) is 2. The van der Waals surface area contributed by atoms with Crippen LogP contribution in [0.2, 0.25) is 0 Å². The van der Waals surface area contributed by atoms with E-state index in [2.05, 4.69) is 47.1 Å². The second-order valence-electron chi connectivity index (χ2n) is 5.22. The average molecular weight is 377 g/mol. The molecule has 0 aromatic heterocycles. The Morgan fingerprint density at radius 2 is 2.09 bits per heavy atom. The molecule has 0 radical (unpaired) electrons. The van der Waals surface area contributed by atoms with Gasteiger partial charge in [-0.3, -0.25) is 4.99 Å². The third kappa shape index (κ3) is 2.32. The first-order chi connectivity index (χ1) is 10.3. The van der Waals surface area contributed by atoms with Gasteiger partial charge in [0.25, 0.3) is 0 Å².